The van der Waals surface area contributed by atoms with E-state index < -0.39 is 24.9 Å². The maximum atomic E-state index is 12.0. The molecule has 0 saturated heterocycles. The van der Waals surface area contributed by atoms with Crippen LogP contribution >= 0.6 is 0 Å². The van der Waals surface area contributed by atoms with Crippen LogP contribution in [0.25, 0.3) is 0 Å². The summed E-state index contributed by atoms with van der Waals surface area (Å²) in [4.78, 5) is 11.3. The normalized spacial score (nSPS) is 12.9. The van der Waals surface area contributed by atoms with Gasteiger partial charge in [-0.05, 0) is 31.2 Å². The van der Waals surface area contributed by atoms with Gasteiger partial charge in [-0.1, -0.05) is 0 Å². The zero-order valence-corrected chi connectivity index (χ0v) is 10.1. The molecule has 1 aromatic carbocycles. The first kappa shape index (κ1) is 15.3. The number of carbonyl (C=O) groups is 1. The number of halogens is 3. The zero-order valence-electron chi connectivity index (χ0n) is 10.1. The third-order valence-corrected chi connectivity index (χ3v) is 2.15. The van der Waals surface area contributed by atoms with Gasteiger partial charge >= 0.3 is 12.1 Å². The molecule has 0 aliphatic heterocycles. The highest BCUT2D eigenvalue weighted by Gasteiger charge is 2.38. The van der Waals surface area contributed by atoms with E-state index in [0.717, 1.165) is 0 Å². The highest BCUT2D eigenvalue weighted by molar-refractivity contribution is 5.89. The second-order valence-electron chi connectivity index (χ2n) is 3.61. The predicted molar refractivity (Wildman–Crippen MR) is 60.0 cm³/mol. The van der Waals surface area contributed by atoms with E-state index in [4.69, 9.17) is 14.6 Å². The molecule has 1 atom stereocenters. The number of benzene rings is 1. The summed E-state index contributed by atoms with van der Waals surface area (Å²) in [7, 11) is 0. The molecule has 0 aliphatic rings. The van der Waals surface area contributed by atoms with Crippen LogP contribution in [0.5, 0.6) is 5.75 Å². The molecule has 0 bridgehead atoms. The Morgan fingerprint density at radius 2 is 1.89 bits per heavy atom. The molecule has 7 heteroatoms. The Morgan fingerprint density at radius 1 is 1.32 bits per heavy atom. The van der Waals surface area contributed by atoms with Gasteiger partial charge in [0, 0.05) is 0 Å². The number of aliphatic hydroxyl groups is 1. The fraction of sp³-hybridized carbons (Fsp3) is 0.417. The third-order valence-electron chi connectivity index (χ3n) is 2.15. The summed E-state index contributed by atoms with van der Waals surface area (Å²) >= 11 is 0. The minimum atomic E-state index is -4.72. The number of hydrogen-bond acceptors (Lipinski definition) is 4. The SMILES string of the molecule is CCOC(=O)c1ccc(OCC(O)C(F)(F)F)cc1. The van der Waals surface area contributed by atoms with Crippen LogP contribution in [0.4, 0.5) is 13.2 Å². The van der Waals surface area contributed by atoms with Crippen LogP contribution in [0, 0.1) is 0 Å². The van der Waals surface area contributed by atoms with Crippen molar-refractivity contribution in [2.24, 2.45) is 0 Å². The topological polar surface area (TPSA) is 55.8 Å². The Balaban J connectivity index is 2.56. The van der Waals surface area contributed by atoms with Crippen molar-refractivity contribution in [3.8, 4) is 5.75 Å². The molecule has 0 spiro atoms. The van der Waals surface area contributed by atoms with Crippen molar-refractivity contribution in [3.63, 3.8) is 0 Å². The minimum absolute atomic E-state index is 0.122. The van der Waals surface area contributed by atoms with Crippen LogP contribution in [0.2, 0.25) is 0 Å². The lowest BCUT2D eigenvalue weighted by atomic mass is 10.2. The lowest BCUT2D eigenvalue weighted by molar-refractivity contribution is -0.210. The standard InChI is InChI=1S/C12H13F3O4/c1-2-18-11(17)8-3-5-9(6-4-8)19-7-10(16)12(13,14)15/h3-6,10,16H,2,7H2,1H3. The molecule has 1 N–H and O–H groups in total. The smallest absolute Gasteiger partial charge is 0.417 e. The minimum Gasteiger partial charge on any atom is -0.491 e. The second kappa shape index (κ2) is 6.42. The van der Waals surface area contributed by atoms with Gasteiger partial charge in [-0.3, -0.25) is 0 Å². The number of ether oxygens (including phenoxy) is 2. The van der Waals surface area contributed by atoms with Crippen LogP contribution < -0.4 is 4.74 Å². The molecule has 0 amide bonds. The number of esters is 1. The maximum Gasteiger partial charge on any atom is 0.417 e. The van der Waals surface area contributed by atoms with Crippen molar-refractivity contribution >= 4 is 5.97 Å². The summed E-state index contributed by atoms with van der Waals surface area (Å²) in [5, 5.41) is 8.74. The molecular formula is C12H13F3O4. The molecule has 0 heterocycles. The van der Waals surface area contributed by atoms with E-state index in [1.165, 1.54) is 24.3 Å². The average Bonchev–Trinajstić information content (AvgIpc) is 2.35. The van der Waals surface area contributed by atoms with Crippen molar-refractivity contribution in [2.75, 3.05) is 13.2 Å². The second-order valence-corrected chi connectivity index (χ2v) is 3.61. The fourth-order valence-corrected chi connectivity index (χ4v) is 1.17. The van der Waals surface area contributed by atoms with Crippen LogP contribution in [0.15, 0.2) is 24.3 Å². The van der Waals surface area contributed by atoms with Gasteiger partial charge in [-0.15, -0.1) is 0 Å². The van der Waals surface area contributed by atoms with Crippen molar-refractivity contribution in [1.29, 1.82) is 0 Å². The van der Waals surface area contributed by atoms with Crippen molar-refractivity contribution < 1.29 is 32.5 Å². The summed E-state index contributed by atoms with van der Waals surface area (Å²) in [6, 6.07) is 5.39. The molecule has 106 valence electrons. The van der Waals surface area contributed by atoms with E-state index in [2.05, 4.69) is 0 Å². The van der Waals surface area contributed by atoms with Crippen LogP contribution in [-0.2, 0) is 4.74 Å². The number of hydrogen-bond donors (Lipinski definition) is 1. The van der Waals surface area contributed by atoms with Gasteiger partial charge in [-0.2, -0.15) is 13.2 Å². The molecule has 1 aromatic rings. The first-order valence-electron chi connectivity index (χ1n) is 5.49. The Kier molecular flexibility index (Phi) is 5.17. The highest BCUT2D eigenvalue weighted by Crippen LogP contribution is 2.21. The monoisotopic (exact) mass is 278 g/mol. The van der Waals surface area contributed by atoms with Gasteiger partial charge in [0.2, 0.25) is 0 Å². The molecule has 1 unspecified atom stereocenters. The van der Waals surface area contributed by atoms with Gasteiger partial charge in [-0.25, -0.2) is 4.79 Å². The summed E-state index contributed by atoms with van der Waals surface area (Å²) in [6.45, 7) is 0.991. The molecule has 19 heavy (non-hydrogen) atoms. The van der Waals surface area contributed by atoms with E-state index in [1.807, 2.05) is 0 Å². The first-order valence-corrected chi connectivity index (χ1v) is 5.49. The van der Waals surface area contributed by atoms with E-state index in [0.29, 0.717) is 0 Å². The van der Waals surface area contributed by atoms with Crippen molar-refractivity contribution in [3.05, 3.63) is 29.8 Å². The Morgan fingerprint density at radius 3 is 2.37 bits per heavy atom. The predicted octanol–water partition coefficient (Wildman–Crippen LogP) is 2.17. The van der Waals surface area contributed by atoms with E-state index in [1.54, 1.807) is 6.92 Å². The Hall–Kier alpha value is -1.76. The maximum absolute atomic E-state index is 12.0. The summed E-state index contributed by atoms with van der Waals surface area (Å²) in [5.41, 5.74) is 0.269. The summed E-state index contributed by atoms with van der Waals surface area (Å²) in [6.07, 6.45) is -7.26. The molecule has 0 aromatic heterocycles. The van der Waals surface area contributed by atoms with Crippen LogP contribution in [0.1, 0.15) is 17.3 Å². The first-order chi connectivity index (χ1) is 8.84. The van der Waals surface area contributed by atoms with E-state index >= 15 is 0 Å². The van der Waals surface area contributed by atoms with Gasteiger partial charge < -0.3 is 14.6 Å². The third kappa shape index (κ3) is 4.78. The highest BCUT2D eigenvalue weighted by atomic mass is 19.4. The largest absolute Gasteiger partial charge is 0.491 e. The molecule has 4 nitrogen and oxygen atoms in total. The van der Waals surface area contributed by atoms with Gasteiger partial charge in [0.25, 0.3) is 0 Å². The van der Waals surface area contributed by atoms with Gasteiger partial charge in [0.05, 0.1) is 12.2 Å². The quantitative estimate of drug-likeness (QED) is 0.839. The fourth-order valence-electron chi connectivity index (χ4n) is 1.17. The zero-order chi connectivity index (χ0) is 14.5. The number of rotatable bonds is 5. The Labute approximate surface area is 107 Å². The summed E-state index contributed by atoms with van der Waals surface area (Å²) in [5.74, 6) is -0.402. The Bertz CT molecular complexity index is 414. The van der Waals surface area contributed by atoms with E-state index in [9.17, 15) is 18.0 Å². The lowest BCUT2D eigenvalue weighted by Crippen LogP contribution is -2.34. The number of carbonyl (C=O) groups excluding carboxylic acids is 1. The molecule has 0 saturated carbocycles. The number of alkyl halides is 3. The molecular weight excluding hydrogens is 265 g/mol. The van der Waals surface area contributed by atoms with Crippen molar-refractivity contribution in [1.82, 2.24) is 0 Å². The van der Waals surface area contributed by atoms with Gasteiger partial charge in [0.15, 0.2) is 6.10 Å². The number of aliphatic hydroxyl groups excluding tert-OH is 1. The molecule has 0 radical (unpaired) electrons. The molecule has 0 aliphatic carbocycles. The van der Waals surface area contributed by atoms with Crippen LogP contribution in [0.3, 0.4) is 0 Å². The molecule has 1 rings (SSSR count). The van der Waals surface area contributed by atoms with Crippen molar-refractivity contribution in [2.45, 2.75) is 19.2 Å². The van der Waals surface area contributed by atoms with Crippen LogP contribution in [-0.4, -0.2) is 36.6 Å². The lowest BCUT2D eigenvalue weighted by Gasteiger charge is -2.15. The average molecular weight is 278 g/mol. The summed E-state index contributed by atoms with van der Waals surface area (Å²) < 4.78 is 45.6. The van der Waals surface area contributed by atoms with Gasteiger partial charge in [0.1, 0.15) is 12.4 Å². The van der Waals surface area contributed by atoms with E-state index in [-0.39, 0.29) is 17.9 Å². The molecule has 0 fully saturated rings.